The van der Waals surface area contributed by atoms with E-state index < -0.39 is 23.4 Å². The molecule has 1 fully saturated rings. The van der Waals surface area contributed by atoms with E-state index >= 15 is 0 Å². The largest absolute Gasteiger partial charge is 0.494 e. The van der Waals surface area contributed by atoms with Crippen LogP contribution in [-0.2, 0) is 9.59 Å². The third-order valence-corrected chi connectivity index (χ3v) is 5.65. The first kappa shape index (κ1) is 21.0. The number of amides is 2. The molecule has 0 aliphatic carbocycles. The predicted octanol–water partition coefficient (Wildman–Crippen LogP) is 4.38. The maximum absolute atomic E-state index is 13.9. The molecule has 2 aliphatic heterocycles. The third kappa shape index (κ3) is 3.92. The molecular weight excluding hydrogens is 402 g/mol. The summed E-state index contributed by atoms with van der Waals surface area (Å²) < 4.78 is 32.8. The number of halogens is 2. The van der Waals surface area contributed by atoms with E-state index in [0.717, 1.165) is 29.9 Å². The second-order valence-electron chi connectivity index (χ2n) is 7.92. The van der Waals surface area contributed by atoms with E-state index in [4.69, 9.17) is 4.74 Å². The number of ether oxygens (including phenoxy) is 1. The van der Waals surface area contributed by atoms with Crippen LogP contribution in [0, 0.1) is 17.6 Å². The topological polar surface area (TPSA) is 49.9 Å². The Labute approximate surface area is 179 Å². The molecule has 2 aliphatic rings. The van der Waals surface area contributed by atoms with Crippen LogP contribution in [0.2, 0.25) is 0 Å². The molecule has 0 aromatic heterocycles. The minimum atomic E-state index is -1.11. The Balaban J connectivity index is 1.79. The molecule has 2 amide bonds. The zero-order chi connectivity index (χ0) is 22.1. The van der Waals surface area contributed by atoms with Gasteiger partial charge in [0.1, 0.15) is 11.4 Å². The van der Waals surface area contributed by atoms with Gasteiger partial charge in [-0.25, -0.2) is 13.7 Å². The molecule has 0 spiro atoms. The van der Waals surface area contributed by atoms with E-state index in [1.165, 1.54) is 6.07 Å². The minimum Gasteiger partial charge on any atom is -0.494 e. The van der Waals surface area contributed by atoms with Gasteiger partial charge in [-0.1, -0.05) is 19.1 Å². The van der Waals surface area contributed by atoms with Crippen molar-refractivity contribution in [3.63, 3.8) is 0 Å². The number of carbonyl (C=O) groups is 2. The van der Waals surface area contributed by atoms with Gasteiger partial charge in [0.2, 0.25) is 0 Å². The average molecular weight is 426 g/mol. The second-order valence-corrected chi connectivity index (χ2v) is 7.92. The smallest absolute Gasteiger partial charge is 0.282 e. The second kappa shape index (κ2) is 8.49. The third-order valence-electron chi connectivity index (χ3n) is 5.65. The summed E-state index contributed by atoms with van der Waals surface area (Å²) in [6, 6.07) is 10.0. The molecule has 4 rings (SSSR count). The maximum atomic E-state index is 13.9. The van der Waals surface area contributed by atoms with Crippen molar-refractivity contribution >= 4 is 23.1 Å². The number of imide groups is 1. The highest BCUT2D eigenvalue weighted by Crippen LogP contribution is 2.37. The van der Waals surface area contributed by atoms with E-state index in [1.54, 1.807) is 24.3 Å². The molecule has 0 N–H and O–H groups in total. The van der Waals surface area contributed by atoms with Gasteiger partial charge in [-0.05, 0) is 55.5 Å². The molecule has 5 nitrogen and oxygen atoms in total. The maximum Gasteiger partial charge on any atom is 0.282 e. The van der Waals surface area contributed by atoms with Crippen molar-refractivity contribution in [3.05, 3.63) is 65.4 Å². The van der Waals surface area contributed by atoms with Gasteiger partial charge in [-0.2, -0.15) is 0 Å². The monoisotopic (exact) mass is 426 g/mol. The van der Waals surface area contributed by atoms with Crippen molar-refractivity contribution in [1.29, 1.82) is 0 Å². The van der Waals surface area contributed by atoms with Crippen LogP contribution in [0.25, 0.3) is 5.57 Å². The minimum absolute atomic E-state index is 0.0115. The molecular formula is C24H24F2N2O3. The number of nitrogens with zero attached hydrogens (tertiary/aromatic N) is 2. The Morgan fingerprint density at radius 2 is 1.77 bits per heavy atom. The lowest BCUT2D eigenvalue weighted by atomic mass is 9.97. The van der Waals surface area contributed by atoms with Crippen LogP contribution in [0.15, 0.2) is 48.2 Å². The number of anilines is 1. The average Bonchev–Trinajstić information content (AvgIpc) is 3.01. The van der Waals surface area contributed by atoms with Crippen molar-refractivity contribution < 1.29 is 23.1 Å². The van der Waals surface area contributed by atoms with Crippen molar-refractivity contribution in [2.45, 2.75) is 26.7 Å². The fourth-order valence-electron chi connectivity index (χ4n) is 4.21. The van der Waals surface area contributed by atoms with E-state index in [0.29, 0.717) is 42.6 Å². The van der Waals surface area contributed by atoms with E-state index in [2.05, 4.69) is 6.92 Å². The van der Waals surface area contributed by atoms with Crippen LogP contribution in [0.1, 0.15) is 32.3 Å². The highest BCUT2D eigenvalue weighted by Gasteiger charge is 2.43. The number of carbonyl (C=O) groups excluding carboxylic acids is 2. The molecule has 7 heteroatoms. The number of likely N-dealkylation sites (tertiary alicyclic amines) is 1. The molecule has 31 heavy (non-hydrogen) atoms. The summed E-state index contributed by atoms with van der Waals surface area (Å²) in [5.41, 5.74) is 1.18. The Morgan fingerprint density at radius 3 is 2.42 bits per heavy atom. The van der Waals surface area contributed by atoms with Gasteiger partial charge in [0.05, 0.1) is 17.9 Å². The van der Waals surface area contributed by atoms with E-state index in [1.807, 2.05) is 11.8 Å². The van der Waals surface area contributed by atoms with Crippen LogP contribution >= 0.6 is 0 Å². The number of rotatable bonds is 5. The molecule has 2 heterocycles. The summed E-state index contributed by atoms with van der Waals surface area (Å²) in [7, 11) is 0. The van der Waals surface area contributed by atoms with Crippen LogP contribution in [0.3, 0.4) is 0 Å². The van der Waals surface area contributed by atoms with Gasteiger partial charge >= 0.3 is 0 Å². The van der Waals surface area contributed by atoms with Gasteiger partial charge in [-0.3, -0.25) is 9.59 Å². The first-order chi connectivity index (χ1) is 14.9. The number of hydrogen-bond acceptors (Lipinski definition) is 4. The quantitative estimate of drug-likeness (QED) is 0.666. The highest BCUT2D eigenvalue weighted by molar-refractivity contribution is 6.45. The summed E-state index contributed by atoms with van der Waals surface area (Å²) in [5, 5.41) is 0. The van der Waals surface area contributed by atoms with Crippen LogP contribution in [-0.4, -0.2) is 36.4 Å². The van der Waals surface area contributed by atoms with Crippen molar-refractivity contribution in [2.24, 2.45) is 5.92 Å². The fraction of sp³-hybridized carbons (Fsp3) is 0.333. The van der Waals surface area contributed by atoms with E-state index in [-0.39, 0.29) is 11.3 Å². The molecule has 0 radical (unpaired) electrons. The summed E-state index contributed by atoms with van der Waals surface area (Å²) in [6.07, 6.45) is 1.96. The number of benzene rings is 2. The van der Waals surface area contributed by atoms with E-state index in [9.17, 15) is 18.4 Å². The number of hydrogen-bond donors (Lipinski definition) is 0. The summed E-state index contributed by atoms with van der Waals surface area (Å²) >= 11 is 0. The first-order valence-electron chi connectivity index (χ1n) is 10.5. The summed E-state index contributed by atoms with van der Waals surface area (Å²) in [5.74, 6) is -2.17. The molecule has 1 saturated heterocycles. The molecule has 0 saturated carbocycles. The van der Waals surface area contributed by atoms with Gasteiger partial charge in [0, 0.05) is 19.2 Å². The SMILES string of the molecule is CCOc1ccc(C2=C(N3CCCC(C)C3)C(=O)N(c3ccc(F)c(F)c3)C2=O)cc1. The molecule has 1 atom stereocenters. The van der Waals surface area contributed by atoms with Gasteiger partial charge in [0.25, 0.3) is 11.8 Å². The Morgan fingerprint density at radius 1 is 1.03 bits per heavy atom. The zero-order valence-corrected chi connectivity index (χ0v) is 17.5. The van der Waals surface area contributed by atoms with Crippen LogP contribution in [0.5, 0.6) is 5.75 Å². The lowest BCUT2D eigenvalue weighted by Gasteiger charge is -2.33. The zero-order valence-electron chi connectivity index (χ0n) is 17.5. The summed E-state index contributed by atoms with van der Waals surface area (Å²) in [6.45, 7) is 5.81. The number of piperidine rings is 1. The predicted molar refractivity (Wildman–Crippen MR) is 113 cm³/mol. The Bertz CT molecular complexity index is 1050. The Hall–Kier alpha value is -3.22. The van der Waals surface area contributed by atoms with Gasteiger partial charge < -0.3 is 9.64 Å². The first-order valence-corrected chi connectivity index (χ1v) is 10.5. The molecule has 0 bridgehead atoms. The molecule has 2 aromatic rings. The van der Waals surface area contributed by atoms with Crippen LogP contribution < -0.4 is 9.64 Å². The van der Waals surface area contributed by atoms with Crippen molar-refractivity contribution in [1.82, 2.24) is 4.90 Å². The Kier molecular flexibility index (Phi) is 5.76. The van der Waals surface area contributed by atoms with Crippen molar-refractivity contribution in [2.75, 3.05) is 24.6 Å². The normalized spacial score (nSPS) is 19.4. The standard InChI is InChI=1S/C24H24F2N2O3/c1-3-31-18-9-6-16(7-10-18)21-22(27-12-4-5-15(2)14-27)24(30)28(23(21)29)17-8-11-19(25)20(26)13-17/h6-11,13,15H,3-5,12,14H2,1-2H3. The fourth-order valence-corrected chi connectivity index (χ4v) is 4.21. The molecule has 2 aromatic carbocycles. The van der Waals surface area contributed by atoms with Gasteiger partial charge in [-0.15, -0.1) is 0 Å². The van der Waals surface area contributed by atoms with Crippen molar-refractivity contribution in [3.8, 4) is 5.75 Å². The lowest BCUT2D eigenvalue weighted by molar-refractivity contribution is -0.120. The molecule has 1 unspecified atom stereocenters. The van der Waals surface area contributed by atoms with Crippen LogP contribution in [0.4, 0.5) is 14.5 Å². The highest BCUT2D eigenvalue weighted by atomic mass is 19.2. The lowest BCUT2D eigenvalue weighted by Crippen LogP contribution is -2.39. The van der Waals surface area contributed by atoms with Gasteiger partial charge in [0.15, 0.2) is 11.6 Å². The summed E-state index contributed by atoms with van der Waals surface area (Å²) in [4.78, 5) is 29.7. The molecule has 162 valence electrons.